The number of likely N-dealkylation sites (N-methyl/N-ethyl adjacent to an activating group) is 1. The summed E-state index contributed by atoms with van der Waals surface area (Å²) < 4.78 is 11.1. The first-order valence-corrected chi connectivity index (χ1v) is 8.94. The Hall–Kier alpha value is -0.920. The van der Waals surface area contributed by atoms with Crippen molar-refractivity contribution in [1.29, 1.82) is 0 Å². The molecule has 1 aromatic rings. The largest absolute Gasteiger partial charge is 0.465 e. The van der Waals surface area contributed by atoms with E-state index in [1.54, 1.807) is 0 Å². The molecule has 0 aromatic carbocycles. The minimum absolute atomic E-state index is 0.113. The molecule has 6 nitrogen and oxygen atoms in total. The van der Waals surface area contributed by atoms with Gasteiger partial charge < -0.3 is 19.4 Å². The zero-order valence-electron chi connectivity index (χ0n) is 14.7. The average molecular weight is 338 g/mol. The van der Waals surface area contributed by atoms with Gasteiger partial charge in [0, 0.05) is 6.54 Å². The first-order chi connectivity index (χ1) is 11.5. The summed E-state index contributed by atoms with van der Waals surface area (Å²) in [6, 6.07) is 3.96. The molecule has 2 saturated heterocycles. The second-order valence-corrected chi connectivity index (χ2v) is 7.33. The molecule has 136 valence electrons. The number of aliphatic hydroxyl groups is 2. The van der Waals surface area contributed by atoms with E-state index in [1.165, 1.54) is 0 Å². The van der Waals surface area contributed by atoms with Crippen molar-refractivity contribution < 1.29 is 19.4 Å². The summed E-state index contributed by atoms with van der Waals surface area (Å²) in [6.45, 7) is 6.67. The van der Waals surface area contributed by atoms with Crippen molar-refractivity contribution >= 4 is 0 Å². The van der Waals surface area contributed by atoms with E-state index in [0.29, 0.717) is 12.5 Å². The molecule has 3 atom stereocenters. The van der Waals surface area contributed by atoms with Crippen molar-refractivity contribution in [1.82, 2.24) is 9.80 Å². The van der Waals surface area contributed by atoms with Gasteiger partial charge in [-0.3, -0.25) is 9.80 Å². The fourth-order valence-electron chi connectivity index (χ4n) is 3.81. The third kappa shape index (κ3) is 4.37. The lowest BCUT2D eigenvalue weighted by Gasteiger charge is -2.40. The van der Waals surface area contributed by atoms with E-state index in [1.807, 2.05) is 20.0 Å². The minimum Gasteiger partial charge on any atom is -0.465 e. The molecule has 0 unspecified atom stereocenters. The highest BCUT2D eigenvalue weighted by molar-refractivity contribution is 5.05. The fourth-order valence-corrected chi connectivity index (χ4v) is 3.81. The highest BCUT2D eigenvalue weighted by Gasteiger charge is 2.35. The molecule has 0 saturated carbocycles. The number of rotatable bonds is 5. The van der Waals surface area contributed by atoms with E-state index in [2.05, 4.69) is 15.9 Å². The normalized spacial score (nSPS) is 30.1. The Morgan fingerprint density at radius 3 is 2.62 bits per heavy atom. The number of likely N-dealkylation sites (tertiary alicyclic amines) is 1. The number of nitrogens with zero attached hydrogens (tertiary/aromatic N) is 2. The van der Waals surface area contributed by atoms with Crippen LogP contribution in [0.15, 0.2) is 16.5 Å². The molecule has 2 aliphatic heterocycles. The first-order valence-electron chi connectivity index (χ1n) is 8.94. The highest BCUT2D eigenvalue weighted by atomic mass is 16.5. The molecule has 2 N–H and O–H groups in total. The van der Waals surface area contributed by atoms with Crippen LogP contribution in [0.3, 0.4) is 0 Å². The number of hydrogen-bond acceptors (Lipinski definition) is 6. The number of piperidine rings is 1. The van der Waals surface area contributed by atoms with Gasteiger partial charge in [-0.15, -0.1) is 0 Å². The van der Waals surface area contributed by atoms with Gasteiger partial charge in [-0.25, -0.2) is 0 Å². The monoisotopic (exact) mass is 338 g/mol. The summed E-state index contributed by atoms with van der Waals surface area (Å²) in [5, 5.41) is 19.9. The van der Waals surface area contributed by atoms with Crippen LogP contribution in [0.25, 0.3) is 0 Å². The Balaban J connectivity index is 1.43. The van der Waals surface area contributed by atoms with E-state index in [9.17, 15) is 10.2 Å². The van der Waals surface area contributed by atoms with Crippen molar-refractivity contribution in [3.63, 3.8) is 0 Å². The van der Waals surface area contributed by atoms with Crippen molar-refractivity contribution in [2.45, 2.75) is 44.6 Å². The lowest BCUT2D eigenvalue weighted by Crippen LogP contribution is -2.56. The Kier molecular flexibility index (Phi) is 5.94. The lowest BCUT2D eigenvalue weighted by molar-refractivity contribution is -0.130. The maximum atomic E-state index is 10.2. The fraction of sp³-hybridized carbons (Fsp3) is 0.778. The molecule has 0 aliphatic carbocycles. The van der Waals surface area contributed by atoms with E-state index in [-0.39, 0.29) is 12.6 Å². The second-order valence-electron chi connectivity index (χ2n) is 7.33. The Morgan fingerprint density at radius 1 is 1.21 bits per heavy atom. The second kappa shape index (κ2) is 7.97. The summed E-state index contributed by atoms with van der Waals surface area (Å²) in [6.07, 6.45) is 0.808. The zero-order valence-corrected chi connectivity index (χ0v) is 14.7. The standard InChI is InChI=1S/C18H30N2O4/c1-13-3-4-15(24-13)10-20-7-5-14(6-8-20)9-19(2)16-11-23-12-17(21)18(16)22/h3-4,14,16-18,21-22H,5-12H2,1-2H3/t16-,17-,18+/m1/s1. The smallest absolute Gasteiger partial charge is 0.118 e. The Labute approximate surface area is 144 Å². The molecule has 0 spiro atoms. The number of furan rings is 1. The van der Waals surface area contributed by atoms with Crippen LogP contribution in [0.2, 0.25) is 0 Å². The van der Waals surface area contributed by atoms with Crippen molar-refractivity contribution in [3.8, 4) is 0 Å². The SMILES string of the molecule is Cc1ccc(CN2CCC(CN(C)[C@@H]3COC[C@@H](O)[C@H]3O)CC2)o1. The summed E-state index contributed by atoms with van der Waals surface area (Å²) in [5.41, 5.74) is 0. The van der Waals surface area contributed by atoms with E-state index in [0.717, 1.165) is 50.5 Å². The molecule has 3 rings (SSSR count). The molecule has 0 radical (unpaired) electrons. The van der Waals surface area contributed by atoms with Crippen LogP contribution >= 0.6 is 0 Å². The molecule has 0 amide bonds. The van der Waals surface area contributed by atoms with Crippen LogP contribution in [-0.2, 0) is 11.3 Å². The third-order valence-electron chi connectivity index (χ3n) is 5.36. The van der Waals surface area contributed by atoms with Gasteiger partial charge in [0.25, 0.3) is 0 Å². The zero-order chi connectivity index (χ0) is 17.1. The predicted molar refractivity (Wildman–Crippen MR) is 90.7 cm³/mol. The minimum atomic E-state index is -0.773. The molecule has 3 heterocycles. The van der Waals surface area contributed by atoms with Crippen molar-refractivity contribution in [3.05, 3.63) is 23.7 Å². The van der Waals surface area contributed by atoms with E-state index in [4.69, 9.17) is 9.15 Å². The van der Waals surface area contributed by atoms with Crippen LogP contribution in [0.4, 0.5) is 0 Å². The summed E-state index contributed by atoms with van der Waals surface area (Å²) in [4.78, 5) is 4.60. The van der Waals surface area contributed by atoms with Gasteiger partial charge in [-0.05, 0) is 58.0 Å². The maximum Gasteiger partial charge on any atom is 0.118 e. The van der Waals surface area contributed by atoms with E-state index >= 15 is 0 Å². The van der Waals surface area contributed by atoms with Crippen molar-refractivity contribution in [2.24, 2.45) is 5.92 Å². The Bertz CT molecular complexity index is 513. The predicted octanol–water partition coefficient (Wildman–Crippen LogP) is 0.852. The number of aliphatic hydroxyl groups excluding tert-OH is 2. The van der Waals surface area contributed by atoms with Crippen LogP contribution in [0.1, 0.15) is 24.4 Å². The Morgan fingerprint density at radius 2 is 1.96 bits per heavy atom. The number of aryl methyl sites for hydroxylation is 1. The van der Waals surface area contributed by atoms with Crippen LogP contribution in [-0.4, -0.2) is 78.2 Å². The molecular formula is C18H30N2O4. The molecule has 24 heavy (non-hydrogen) atoms. The summed E-state index contributed by atoms with van der Waals surface area (Å²) >= 11 is 0. The summed E-state index contributed by atoms with van der Waals surface area (Å²) in [7, 11) is 2.02. The third-order valence-corrected chi connectivity index (χ3v) is 5.36. The van der Waals surface area contributed by atoms with Crippen LogP contribution in [0.5, 0.6) is 0 Å². The average Bonchev–Trinajstić information content (AvgIpc) is 2.97. The molecule has 0 bridgehead atoms. The van der Waals surface area contributed by atoms with Gasteiger partial charge in [-0.1, -0.05) is 0 Å². The molecule has 6 heteroatoms. The van der Waals surface area contributed by atoms with Crippen LogP contribution in [0, 0.1) is 12.8 Å². The maximum absolute atomic E-state index is 10.2. The number of hydrogen-bond donors (Lipinski definition) is 2. The van der Waals surface area contributed by atoms with Gasteiger partial charge in [0.05, 0.1) is 31.9 Å². The lowest BCUT2D eigenvalue weighted by atomic mass is 9.94. The van der Waals surface area contributed by atoms with Gasteiger partial charge in [-0.2, -0.15) is 0 Å². The molecular weight excluding hydrogens is 308 g/mol. The van der Waals surface area contributed by atoms with E-state index < -0.39 is 12.2 Å². The highest BCUT2D eigenvalue weighted by Crippen LogP contribution is 2.22. The molecule has 2 fully saturated rings. The summed E-state index contributed by atoms with van der Waals surface area (Å²) in [5.74, 6) is 2.63. The quantitative estimate of drug-likeness (QED) is 0.830. The molecule has 1 aromatic heterocycles. The topological polar surface area (TPSA) is 69.3 Å². The van der Waals surface area contributed by atoms with Crippen molar-refractivity contribution in [2.75, 3.05) is 39.9 Å². The van der Waals surface area contributed by atoms with Gasteiger partial charge in [0.2, 0.25) is 0 Å². The number of ether oxygens (including phenoxy) is 1. The molecule has 2 aliphatic rings. The van der Waals surface area contributed by atoms with Gasteiger partial charge >= 0.3 is 0 Å². The first kappa shape index (κ1) is 17.9. The van der Waals surface area contributed by atoms with Gasteiger partial charge in [0.15, 0.2) is 0 Å². The van der Waals surface area contributed by atoms with Crippen LogP contribution < -0.4 is 0 Å². The van der Waals surface area contributed by atoms with Gasteiger partial charge in [0.1, 0.15) is 17.6 Å².